The second kappa shape index (κ2) is 6.65. The Hall–Kier alpha value is -2.69. The average Bonchev–Trinajstić information content (AvgIpc) is 2.51. The van der Waals surface area contributed by atoms with Crippen LogP contribution >= 0.6 is 0 Å². The molecule has 0 heterocycles. The van der Waals surface area contributed by atoms with Gasteiger partial charge in [0.1, 0.15) is 17.1 Å². The number of carbonyl (C=O) groups excluding carboxylic acids is 1. The lowest BCUT2D eigenvalue weighted by atomic mass is 10.1. The lowest BCUT2D eigenvalue weighted by Crippen LogP contribution is -2.24. The Morgan fingerprint density at radius 3 is 2.29 bits per heavy atom. The Kier molecular flexibility index (Phi) is 4.66. The molecule has 0 bridgehead atoms. The number of methoxy groups -OCH3 is 2. The van der Waals surface area contributed by atoms with Crippen molar-refractivity contribution in [1.29, 1.82) is 0 Å². The first-order valence-electron chi connectivity index (χ1n) is 6.49. The SMILES string of the molecule is COc1cccc(OC)c1C(=O)NCc1cccc(N)c1. The van der Waals surface area contributed by atoms with E-state index in [1.54, 1.807) is 24.3 Å². The molecule has 0 aliphatic heterocycles. The Morgan fingerprint density at radius 2 is 1.71 bits per heavy atom. The van der Waals surface area contributed by atoms with Crippen molar-refractivity contribution in [2.75, 3.05) is 20.0 Å². The van der Waals surface area contributed by atoms with Gasteiger partial charge < -0.3 is 20.5 Å². The molecule has 5 heteroatoms. The quantitative estimate of drug-likeness (QED) is 0.827. The Labute approximate surface area is 123 Å². The molecule has 1 amide bonds. The van der Waals surface area contributed by atoms with E-state index in [-0.39, 0.29) is 5.91 Å². The fourth-order valence-electron chi connectivity index (χ4n) is 2.05. The summed E-state index contributed by atoms with van der Waals surface area (Å²) in [6, 6.07) is 12.6. The van der Waals surface area contributed by atoms with E-state index in [9.17, 15) is 4.79 Å². The topological polar surface area (TPSA) is 73.6 Å². The lowest BCUT2D eigenvalue weighted by molar-refractivity contribution is 0.0944. The van der Waals surface area contributed by atoms with Crippen LogP contribution in [0.3, 0.4) is 0 Å². The third-order valence-electron chi connectivity index (χ3n) is 3.06. The first-order valence-corrected chi connectivity index (χ1v) is 6.49. The van der Waals surface area contributed by atoms with Crippen molar-refractivity contribution in [2.24, 2.45) is 0 Å². The van der Waals surface area contributed by atoms with Crippen LogP contribution in [-0.4, -0.2) is 20.1 Å². The van der Waals surface area contributed by atoms with Gasteiger partial charge in [-0.05, 0) is 29.8 Å². The molecule has 0 atom stereocenters. The molecule has 5 nitrogen and oxygen atoms in total. The van der Waals surface area contributed by atoms with Crippen molar-refractivity contribution >= 4 is 11.6 Å². The van der Waals surface area contributed by atoms with Gasteiger partial charge in [0.15, 0.2) is 0 Å². The van der Waals surface area contributed by atoms with E-state index < -0.39 is 0 Å². The van der Waals surface area contributed by atoms with Crippen LogP contribution in [0, 0.1) is 0 Å². The van der Waals surface area contributed by atoms with Crippen LogP contribution in [-0.2, 0) is 6.54 Å². The van der Waals surface area contributed by atoms with Gasteiger partial charge in [-0.1, -0.05) is 18.2 Å². The van der Waals surface area contributed by atoms with Crippen molar-refractivity contribution in [2.45, 2.75) is 6.54 Å². The second-order valence-electron chi connectivity index (χ2n) is 4.47. The summed E-state index contributed by atoms with van der Waals surface area (Å²) < 4.78 is 10.4. The molecule has 0 saturated heterocycles. The highest BCUT2D eigenvalue weighted by molar-refractivity contribution is 5.99. The third-order valence-corrected chi connectivity index (χ3v) is 3.06. The van der Waals surface area contributed by atoms with E-state index in [1.165, 1.54) is 14.2 Å². The van der Waals surface area contributed by atoms with Gasteiger partial charge >= 0.3 is 0 Å². The maximum Gasteiger partial charge on any atom is 0.259 e. The summed E-state index contributed by atoms with van der Waals surface area (Å²) in [5.41, 5.74) is 7.69. The number of anilines is 1. The van der Waals surface area contributed by atoms with E-state index in [0.717, 1.165) is 5.56 Å². The molecule has 0 aliphatic carbocycles. The van der Waals surface area contributed by atoms with Gasteiger partial charge in [-0.2, -0.15) is 0 Å². The van der Waals surface area contributed by atoms with Crippen molar-refractivity contribution in [3.8, 4) is 11.5 Å². The summed E-state index contributed by atoms with van der Waals surface area (Å²) in [4.78, 5) is 12.4. The summed E-state index contributed by atoms with van der Waals surface area (Å²) >= 11 is 0. The molecule has 0 spiro atoms. The standard InChI is InChI=1S/C16H18N2O3/c1-20-13-7-4-8-14(21-2)15(13)16(19)18-10-11-5-3-6-12(17)9-11/h3-9H,10,17H2,1-2H3,(H,18,19). The third kappa shape index (κ3) is 3.45. The molecule has 2 aromatic carbocycles. The van der Waals surface area contributed by atoms with Crippen molar-refractivity contribution < 1.29 is 14.3 Å². The zero-order chi connectivity index (χ0) is 15.2. The smallest absolute Gasteiger partial charge is 0.259 e. The number of hydrogen-bond acceptors (Lipinski definition) is 4. The summed E-state index contributed by atoms with van der Waals surface area (Å²) in [5, 5.41) is 2.84. The molecular formula is C16H18N2O3. The monoisotopic (exact) mass is 286 g/mol. The molecule has 3 N–H and O–H groups in total. The fourth-order valence-corrected chi connectivity index (χ4v) is 2.05. The number of ether oxygens (including phenoxy) is 2. The van der Waals surface area contributed by atoms with E-state index in [4.69, 9.17) is 15.2 Å². The number of nitrogen functional groups attached to an aromatic ring is 1. The highest BCUT2D eigenvalue weighted by atomic mass is 16.5. The minimum atomic E-state index is -0.258. The molecular weight excluding hydrogens is 268 g/mol. The Bertz CT molecular complexity index is 619. The fraction of sp³-hybridized carbons (Fsp3) is 0.188. The molecule has 0 aliphatic rings. The van der Waals surface area contributed by atoms with Crippen LogP contribution in [0.15, 0.2) is 42.5 Å². The zero-order valence-corrected chi connectivity index (χ0v) is 12.1. The van der Waals surface area contributed by atoms with Crippen LogP contribution in [0.25, 0.3) is 0 Å². The van der Waals surface area contributed by atoms with Gasteiger partial charge in [0.05, 0.1) is 14.2 Å². The van der Waals surface area contributed by atoms with Crippen LogP contribution in [0.2, 0.25) is 0 Å². The minimum Gasteiger partial charge on any atom is -0.496 e. The number of amides is 1. The maximum atomic E-state index is 12.4. The zero-order valence-electron chi connectivity index (χ0n) is 12.1. The van der Waals surface area contributed by atoms with Gasteiger partial charge in [-0.15, -0.1) is 0 Å². The van der Waals surface area contributed by atoms with E-state index in [2.05, 4.69) is 5.32 Å². The highest BCUT2D eigenvalue weighted by Crippen LogP contribution is 2.28. The molecule has 0 fully saturated rings. The second-order valence-corrected chi connectivity index (χ2v) is 4.47. The molecule has 110 valence electrons. The van der Waals surface area contributed by atoms with Crippen LogP contribution < -0.4 is 20.5 Å². The molecule has 2 aromatic rings. The molecule has 0 aromatic heterocycles. The summed E-state index contributed by atoms with van der Waals surface area (Å²) in [6.07, 6.45) is 0. The number of carbonyl (C=O) groups is 1. The van der Waals surface area contributed by atoms with E-state index >= 15 is 0 Å². The first kappa shape index (κ1) is 14.7. The molecule has 0 radical (unpaired) electrons. The highest BCUT2D eigenvalue weighted by Gasteiger charge is 2.17. The molecule has 0 unspecified atom stereocenters. The summed E-state index contributed by atoms with van der Waals surface area (Å²) in [7, 11) is 3.03. The number of hydrogen-bond donors (Lipinski definition) is 2. The van der Waals surface area contributed by atoms with Gasteiger partial charge in [0, 0.05) is 12.2 Å². The van der Waals surface area contributed by atoms with Crippen molar-refractivity contribution in [3.63, 3.8) is 0 Å². The average molecular weight is 286 g/mol. The van der Waals surface area contributed by atoms with Gasteiger partial charge in [-0.25, -0.2) is 0 Å². The van der Waals surface area contributed by atoms with Crippen molar-refractivity contribution in [3.05, 3.63) is 53.6 Å². The lowest BCUT2D eigenvalue weighted by Gasteiger charge is -2.13. The van der Waals surface area contributed by atoms with Crippen molar-refractivity contribution in [1.82, 2.24) is 5.32 Å². The van der Waals surface area contributed by atoms with Gasteiger partial charge in [-0.3, -0.25) is 4.79 Å². The largest absolute Gasteiger partial charge is 0.496 e. The number of nitrogens with two attached hydrogens (primary N) is 1. The number of nitrogens with one attached hydrogen (secondary N) is 1. The van der Waals surface area contributed by atoms with Gasteiger partial charge in [0.25, 0.3) is 5.91 Å². The summed E-state index contributed by atoms with van der Waals surface area (Å²) in [6.45, 7) is 0.380. The minimum absolute atomic E-state index is 0.258. The normalized spacial score (nSPS) is 10.0. The maximum absolute atomic E-state index is 12.4. The van der Waals surface area contributed by atoms with Crippen LogP contribution in [0.1, 0.15) is 15.9 Å². The first-order chi connectivity index (χ1) is 10.2. The van der Waals surface area contributed by atoms with Crippen LogP contribution in [0.5, 0.6) is 11.5 Å². The van der Waals surface area contributed by atoms with E-state index in [1.807, 2.05) is 18.2 Å². The Balaban J connectivity index is 2.17. The molecule has 2 rings (SSSR count). The summed E-state index contributed by atoms with van der Waals surface area (Å²) in [5.74, 6) is 0.686. The predicted octanol–water partition coefficient (Wildman–Crippen LogP) is 2.22. The molecule has 0 saturated carbocycles. The molecule has 21 heavy (non-hydrogen) atoms. The van der Waals surface area contributed by atoms with Gasteiger partial charge in [0.2, 0.25) is 0 Å². The number of rotatable bonds is 5. The predicted molar refractivity (Wildman–Crippen MR) is 81.6 cm³/mol. The Morgan fingerprint density at radius 1 is 1.10 bits per heavy atom. The van der Waals surface area contributed by atoms with E-state index in [0.29, 0.717) is 29.3 Å². The number of benzene rings is 2. The van der Waals surface area contributed by atoms with Crippen LogP contribution in [0.4, 0.5) is 5.69 Å².